The average molecular weight is 573 g/mol. The summed E-state index contributed by atoms with van der Waals surface area (Å²) in [5.41, 5.74) is 0.431. The van der Waals surface area contributed by atoms with Crippen molar-refractivity contribution >= 4 is 75.5 Å². The number of nitrogens with one attached hydrogen (secondary N) is 2. The van der Waals surface area contributed by atoms with E-state index in [1.807, 2.05) is 0 Å². The molecule has 2 fully saturated rings. The lowest BCUT2D eigenvalue weighted by Crippen LogP contribution is -2.42. The quantitative estimate of drug-likeness (QED) is 0.241. The normalized spacial score (nSPS) is 23.6. The molecule has 184 valence electrons. The first-order chi connectivity index (χ1) is 15.8. The third kappa shape index (κ3) is 6.67. The van der Waals surface area contributed by atoms with Gasteiger partial charge in [0.1, 0.15) is 4.33 Å². The highest BCUT2D eigenvalue weighted by Crippen LogP contribution is 2.61. The van der Waals surface area contributed by atoms with Crippen molar-refractivity contribution in [3.8, 4) is 0 Å². The maximum absolute atomic E-state index is 13.0. The monoisotopic (exact) mass is 570 g/mol. The molecule has 2 amide bonds. The predicted octanol–water partition coefficient (Wildman–Crippen LogP) is 7.30. The van der Waals surface area contributed by atoms with Crippen molar-refractivity contribution in [3.63, 3.8) is 0 Å². The highest BCUT2D eigenvalue weighted by Gasteiger charge is 2.66. The Morgan fingerprint density at radius 3 is 2.47 bits per heavy atom. The van der Waals surface area contributed by atoms with Crippen molar-refractivity contribution in [2.24, 2.45) is 17.8 Å². The largest absolute Gasteiger partial charge is 0.352 e. The van der Waals surface area contributed by atoms with E-state index in [2.05, 4.69) is 17.2 Å². The van der Waals surface area contributed by atoms with Crippen LogP contribution in [0.1, 0.15) is 29.6 Å². The summed E-state index contributed by atoms with van der Waals surface area (Å²) in [5.74, 6) is -4.96. The summed E-state index contributed by atoms with van der Waals surface area (Å²) in [5, 5.41) is 6.19. The fraction of sp³-hybridized carbons (Fsp3) is 0.391. The second kappa shape index (κ2) is 10.8. The first-order valence-electron chi connectivity index (χ1n) is 10.3. The van der Waals surface area contributed by atoms with Gasteiger partial charge in [-0.3, -0.25) is 9.59 Å². The third-order valence-corrected chi connectivity index (χ3v) is 7.61. The van der Waals surface area contributed by atoms with E-state index in [0.29, 0.717) is 22.2 Å². The second-order valence-corrected chi connectivity index (χ2v) is 11.1. The summed E-state index contributed by atoms with van der Waals surface area (Å²) in [6, 6.07) is 4.40. The van der Waals surface area contributed by atoms with Gasteiger partial charge in [0, 0.05) is 41.1 Å². The Labute approximate surface area is 221 Å². The number of halogens is 7. The summed E-state index contributed by atoms with van der Waals surface area (Å²) >= 11 is 30.7. The molecule has 0 spiro atoms. The van der Waals surface area contributed by atoms with Crippen molar-refractivity contribution in [1.29, 1.82) is 0 Å². The number of rotatable bonds is 9. The molecule has 3 rings (SSSR count). The number of anilines is 1. The summed E-state index contributed by atoms with van der Waals surface area (Å²) in [6.07, 6.45) is 4.44. The van der Waals surface area contributed by atoms with Gasteiger partial charge in [0.25, 0.3) is 5.91 Å². The molecular formula is C23H21Cl5F2N2O2. The van der Waals surface area contributed by atoms with Crippen LogP contribution < -0.4 is 10.6 Å². The molecule has 0 radical (unpaired) electrons. The molecule has 0 aliphatic heterocycles. The standard InChI is InChI=1S/C23H21Cl5F2N2O2/c1-2-13(24)7-14(25)3-5-17-19(23(17,27)28)21(34)32-15-4-6-18(26)16(8-15)20(33)31-11-12-9-22(29,30)10-12/h2-4,6-8,12,17,19H,1,5,9-11H2,(H,31,33)(H,32,34)/b13-7+,14-3+. The van der Waals surface area contributed by atoms with Crippen LogP contribution in [-0.4, -0.2) is 28.6 Å². The van der Waals surface area contributed by atoms with Crippen molar-refractivity contribution in [3.05, 3.63) is 63.7 Å². The van der Waals surface area contributed by atoms with E-state index in [4.69, 9.17) is 58.0 Å². The first kappa shape index (κ1) is 27.3. The van der Waals surface area contributed by atoms with Crippen LogP contribution in [0.5, 0.6) is 0 Å². The van der Waals surface area contributed by atoms with E-state index < -0.39 is 28.0 Å². The SMILES string of the molecule is C=C/C(Cl)=C\C(Cl)=C/CC1C(C(=O)Nc2ccc(Cl)c(C(=O)NCC3CC(F)(F)C3)c2)C1(Cl)Cl. The van der Waals surface area contributed by atoms with Gasteiger partial charge in [0.2, 0.25) is 11.8 Å². The number of amides is 2. The van der Waals surface area contributed by atoms with Crippen molar-refractivity contribution in [2.45, 2.75) is 29.5 Å². The van der Waals surface area contributed by atoms with E-state index in [1.54, 1.807) is 6.08 Å². The van der Waals surface area contributed by atoms with Crippen molar-refractivity contribution in [2.75, 3.05) is 11.9 Å². The zero-order valence-electron chi connectivity index (χ0n) is 17.7. The van der Waals surface area contributed by atoms with Crippen LogP contribution in [0.3, 0.4) is 0 Å². The highest BCUT2D eigenvalue weighted by atomic mass is 35.5. The average Bonchev–Trinajstić information content (AvgIpc) is 3.30. The molecule has 0 aromatic heterocycles. The molecule has 4 nitrogen and oxygen atoms in total. The molecule has 1 aromatic rings. The predicted molar refractivity (Wildman–Crippen MR) is 134 cm³/mol. The van der Waals surface area contributed by atoms with Gasteiger partial charge in [-0.1, -0.05) is 53.5 Å². The summed E-state index contributed by atoms with van der Waals surface area (Å²) in [6.45, 7) is 3.65. The van der Waals surface area contributed by atoms with E-state index in [0.717, 1.165) is 0 Å². The Morgan fingerprint density at radius 2 is 1.85 bits per heavy atom. The zero-order chi connectivity index (χ0) is 25.3. The number of alkyl halides is 4. The minimum Gasteiger partial charge on any atom is -0.352 e. The van der Waals surface area contributed by atoms with E-state index in [1.165, 1.54) is 30.4 Å². The molecule has 2 N–H and O–H groups in total. The minimum atomic E-state index is -2.66. The second-order valence-electron chi connectivity index (χ2n) is 8.34. The topological polar surface area (TPSA) is 58.2 Å². The molecule has 0 heterocycles. The molecule has 0 bridgehead atoms. The Balaban J connectivity index is 1.59. The van der Waals surface area contributed by atoms with Gasteiger partial charge in [0.05, 0.1) is 16.5 Å². The van der Waals surface area contributed by atoms with Gasteiger partial charge in [-0.2, -0.15) is 0 Å². The van der Waals surface area contributed by atoms with E-state index in [9.17, 15) is 18.4 Å². The molecule has 2 aliphatic carbocycles. The maximum Gasteiger partial charge on any atom is 0.252 e. The Kier molecular flexibility index (Phi) is 8.63. The first-order valence-corrected chi connectivity index (χ1v) is 12.2. The lowest BCUT2D eigenvalue weighted by molar-refractivity contribution is -0.117. The number of carbonyl (C=O) groups is 2. The van der Waals surface area contributed by atoms with Gasteiger partial charge in [0.15, 0.2) is 0 Å². The van der Waals surface area contributed by atoms with E-state index >= 15 is 0 Å². The number of carbonyl (C=O) groups excluding carboxylic acids is 2. The van der Waals surface area contributed by atoms with Crippen LogP contribution in [0.2, 0.25) is 5.02 Å². The summed E-state index contributed by atoms with van der Waals surface area (Å²) < 4.78 is 24.7. The van der Waals surface area contributed by atoms with Gasteiger partial charge in [-0.25, -0.2) is 8.78 Å². The molecule has 11 heteroatoms. The third-order valence-electron chi connectivity index (χ3n) is 5.73. The lowest BCUT2D eigenvalue weighted by Gasteiger charge is -2.34. The van der Waals surface area contributed by atoms with E-state index in [-0.39, 0.29) is 41.8 Å². The van der Waals surface area contributed by atoms with Gasteiger partial charge >= 0.3 is 0 Å². The van der Waals surface area contributed by atoms with Crippen LogP contribution in [0.25, 0.3) is 0 Å². The summed E-state index contributed by atoms with van der Waals surface area (Å²) in [4.78, 5) is 25.3. The molecule has 1 aromatic carbocycles. The number of hydrogen-bond acceptors (Lipinski definition) is 2. The zero-order valence-corrected chi connectivity index (χ0v) is 21.5. The smallest absolute Gasteiger partial charge is 0.252 e. The Hall–Kier alpha value is -1.31. The maximum atomic E-state index is 13.0. The number of benzene rings is 1. The van der Waals surface area contributed by atoms with Gasteiger partial charge < -0.3 is 10.6 Å². The van der Waals surface area contributed by atoms with Crippen molar-refractivity contribution < 1.29 is 18.4 Å². The fourth-order valence-electron chi connectivity index (χ4n) is 3.79. The van der Waals surface area contributed by atoms with Gasteiger partial charge in [-0.05, 0) is 36.6 Å². The lowest BCUT2D eigenvalue weighted by atomic mass is 9.81. The van der Waals surface area contributed by atoms with Crippen LogP contribution in [0.4, 0.5) is 14.5 Å². The van der Waals surface area contributed by atoms with Gasteiger partial charge in [-0.15, -0.1) is 23.2 Å². The molecule has 2 saturated carbocycles. The van der Waals surface area contributed by atoms with Crippen molar-refractivity contribution in [1.82, 2.24) is 5.32 Å². The Bertz CT molecular complexity index is 1050. The van der Waals surface area contributed by atoms with Crippen LogP contribution in [0.15, 0.2) is 53.1 Å². The molecule has 34 heavy (non-hydrogen) atoms. The molecule has 2 unspecified atom stereocenters. The van der Waals surface area contributed by atoms with Crippen LogP contribution >= 0.6 is 58.0 Å². The number of hydrogen-bond donors (Lipinski definition) is 2. The molecular weight excluding hydrogens is 552 g/mol. The summed E-state index contributed by atoms with van der Waals surface area (Å²) in [7, 11) is 0. The molecule has 2 aliphatic rings. The van der Waals surface area contributed by atoms with Crippen LogP contribution in [-0.2, 0) is 4.79 Å². The molecule has 0 saturated heterocycles. The Morgan fingerprint density at radius 1 is 1.18 bits per heavy atom. The highest BCUT2D eigenvalue weighted by molar-refractivity contribution is 6.53. The fourth-order valence-corrected chi connectivity index (χ4v) is 5.18. The molecule has 2 atom stereocenters. The number of allylic oxidation sites excluding steroid dienone is 5. The van der Waals surface area contributed by atoms with Crippen LogP contribution in [0, 0.1) is 17.8 Å². The minimum absolute atomic E-state index is 0.113.